The van der Waals surface area contributed by atoms with Gasteiger partial charge in [0.2, 0.25) is 0 Å². The molecule has 0 aromatic carbocycles. The first-order valence-electron chi connectivity index (χ1n) is 6.96. The van der Waals surface area contributed by atoms with Crippen molar-refractivity contribution < 1.29 is 0 Å². The highest BCUT2D eigenvalue weighted by Crippen LogP contribution is 2.32. The Kier molecular flexibility index (Phi) is 5.02. The van der Waals surface area contributed by atoms with Crippen LogP contribution in [0, 0.1) is 11.8 Å². The highest BCUT2D eigenvalue weighted by Gasteiger charge is 2.26. The van der Waals surface area contributed by atoms with Crippen LogP contribution in [0.5, 0.6) is 0 Å². The second-order valence-corrected chi connectivity index (χ2v) is 6.01. The Hall–Kier alpha value is -0.600. The van der Waals surface area contributed by atoms with Gasteiger partial charge in [0, 0.05) is 18.4 Å². The highest BCUT2D eigenvalue weighted by atomic mass is 35.5. The minimum atomic E-state index is 0.535. The fraction of sp³-hybridized carbons (Fsp3) is 0.667. The molecule has 1 aromatic heterocycles. The molecule has 0 saturated heterocycles. The number of nitrogens with one attached hydrogen (secondary N) is 1. The third-order valence-corrected chi connectivity index (χ3v) is 4.55. The van der Waals surface area contributed by atoms with Crippen LogP contribution in [0.25, 0.3) is 0 Å². The molecule has 1 aliphatic carbocycles. The van der Waals surface area contributed by atoms with E-state index in [0.29, 0.717) is 6.04 Å². The molecule has 0 amide bonds. The second-order valence-electron chi connectivity index (χ2n) is 5.60. The number of halogens is 1. The molecule has 1 aromatic rings. The van der Waals surface area contributed by atoms with Gasteiger partial charge in [0.1, 0.15) is 0 Å². The van der Waals surface area contributed by atoms with Crippen molar-refractivity contribution >= 4 is 11.6 Å². The smallest absolute Gasteiger partial charge is 0.0621 e. The molecule has 0 bridgehead atoms. The summed E-state index contributed by atoms with van der Waals surface area (Å²) in [5, 5.41) is 4.28. The quantitative estimate of drug-likeness (QED) is 0.899. The summed E-state index contributed by atoms with van der Waals surface area (Å²) in [4.78, 5) is 4.05. The van der Waals surface area contributed by atoms with Gasteiger partial charge < -0.3 is 5.32 Å². The first-order chi connectivity index (χ1) is 8.70. The van der Waals surface area contributed by atoms with Gasteiger partial charge in [-0.25, -0.2) is 0 Å². The molecular weight excluding hydrogens is 244 g/mol. The van der Waals surface area contributed by atoms with E-state index < -0.39 is 0 Å². The third kappa shape index (κ3) is 3.46. The molecule has 2 rings (SSSR count). The van der Waals surface area contributed by atoms with Crippen molar-refractivity contribution in [2.45, 2.75) is 45.1 Å². The Morgan fingerprint density at radius 2 is 2.33 bits per heavy atom. The number of hydrogen-bond donors (Lipinski definition) is 1. The van der Waals surface area contributed by atoms with Crippen LogP contribution in [0.2, 0.25) is 5.02 Å². The van der Waals surface area contributed by atoms with Crippen molar-refractivity contribution in [3.8, 4) is 0 Å². The van der Waals surface area contributed by atoms with E-state index in [-0.39, 0.29) is 0 Å². The van der Waals surface area contributed by atoms with Gasteiger partial charge >= 0.3 is 0 Å². The number of rotatable bonds is 4. The van der Waals surface area contributed by atoms with Gasteiger partial charge in [0.25, 0.3) is 0 Å². The monoisotopic (exact) mass is 266 g/mol. The van der Waals surface area contributed by atoms with Gasteiger partial charge in [-0.05, 0) is 49.8 Å². The van der Waals surface area contributed by atoms with Gasteiger partial charge in [-0.1, -0.05) is 31.4 Å². The van der Waals surface area contributed by atoms with E-state index >= 15 is 0 Å². The van der Waals surface area contributed by atoms with E-state index in [9.17, 15) is 0 Å². The molecule has 1 aliphatic rings. The predicted molar refractivity (Wildman–Crippen MR) is 76.9 cm³/mol. The SMILES string of the molecule is CNC(Cc1ccncc1Cl)C1CCCC(C)C1. The van der Waals surface area contributed by atoms with Crippen LogP contribution in [-0.2, 0) is 6.42 Å². The standard InChI is InChI=1S/C15H23ClN2/c1-11-4-3-5-13(8-11)15(17-2)9-12-6-7-18-10-14(12)16/h6-7,10-11,13,15,17H,3-5,8-9H2,1-2H3. The summed E-state index contributed by atoms with van der Waals surface area (Å²) < 4.78 is 0. The summed E-state index contributed by atoms with van der Waals surface area (Å²) in [6.45, 7) is 2.37. The molecule has 3 atom stereocenters. The molecule has 0 aliphatic heterocycles. The molecule has 0 radical (unpaired) electrons. The summed E-state index contributed by atoms with van der Waals surface area (Å²) in [6, 6.07) is 2.58. The van der Waals surface area contributed by atoms with Crippen LogP contribution in [0.3, 0.4) is 0 Å². The maximum atomic E-state index is 6.20. The Morgan fingerprint density at radius 3 is 3.00 bits per heavy atom. The first-order valence-corrected chi connectivity index (χ1v) is 7.34. The van der Waals surface area contributed by atoms with E-state index in [2.05, 4.69) is 24.3 Å². The molecule has 1 heterocycles. The molecule has 1 fully saturated rings. The van der Waals surface area contributed by atoms with E-state index in [1.807, 2.05) is 12.3 Å². The maximum Gasteiger partial charge on any atom is 0.0621 e. The largest absolute Gasteiger partial charge is 0.316 e. The first kappa shape index (κ1) is 13.8. The molecule has 1 saturated carbocycles. The van der Waals surface area contributed by atoms with E-state index in [1.54, 1.807) is 6.20 Å². The molecule has 3 heteroatoms. The lowest BCUT2D eigenvalue weighted by Crippen LogP contribution is -2.38. The van der Waals surface area contributed by atoms with Gasteiger partial charge in [-0.2, -0.15) is 0 Å². The molecule has 0 spiro atoms. The maximum absolute atomic E-state index is 6.20. The molecule has 18 heavy (non-hydrogen) atoms. The summed E-state index contributed by atoms with van der Waals surface area (Å²) in [7, 11) is 2.07. The lowest BCUT2D eigenvalue weighted by atomic mass is 9.77. The van der Waals surface area contributed by atoms with Crippen LogP contribution >= 0.6 is 11.6 Å². The minimum Gasteiger partial charge on any atom is -0.316 e. The van der Waals surface area contributed by atoms with Crippen molar-refractivity contribution in [1.82, 2.24) is 10.3 Å². The number of aromatic nitrogens is 1. The Balaban J connectivity index is 2.03. The predicted octanol–water partition coefficient (Wildman–Crippen LogP) is 3.69. The minimum absolute atomic E-state index is 0.535. The van der Waals surface area contributed by atoms with Gasteiger partial charge in [0.15, 0.2) is 0 Å². The fourth-order valence-corrected chi connectivity index (χ4v) is 3.35. The molecular formula is C15H23ClN2. The van der Waals surface area contributed by atoms with Crippen molar-refractivity contribution in [3.63, 3.8) is 0 Å². The molecule has 2 nitrogen and oxygen atoms in total. The van der Waals surface area contributed by atoms with Crippen LogP contribution in [0.4, 0.5) is 0 Å². The number of hydrogen-bond acceptors (Lipinski definition) is 2. The zero-order chi connectivity index (χ0) is 13.0. The summed E-state index contributed by atoms with van der Waals surface area (Å²) in [5.74, 6) is 1.65. The molecule has 100 valence electrons. The summed E-state index contributed by atoms with van der Waals surface area (Å²) >= 11 is 6.20. The average molecular weight is 267 g/mol. The topological polar surface area (TPSA) is 24.9 Å². The fourth-order valence-electron chi connectivity index (χ4n) is 3.16. The van der Waals surface area contributed by atoms with Gasteiger partial charge in [-0.15, -0.1) is 0 Å². The van der Waals surface area contributed by atoms with Crippen LogP contribution in [-0.4, -0.2) is 18.1 Å². The van der Waals surface area contributed by atoms with E-state index in [4.69, 9.17) is 11.6 Å². The zero-order valence-corrected chi connectivity index (χ0v) is 12.1. The van der Waals surface area contributed by atoms with Crippen molar-refractivity contribution in [2.75, 3.05) is 7.05 Å². The Labute approximate surface area is 115 Å². The normalized spacial score (nSPS) is 25.9. The molecule has 1 N–H and O–H groups in total. The highest BCUT2D eigenvalue weighted by molar-refractivity contribution is 6.31. The van der Waals surface area contributed by atoms with Crippen LogP contribution in [0.15, 0.2) is 18.5 Å². The summed E-state index contributed by atoms with van der Waals surface area (Å²) in [6.07, 6.45) is 10.0. The lowest BCUT2D eigenvalue weighted by molar-refractivity contribution is 0.227. The average Bonchev–Trinajstić information content (AvgIpc) is 2.38. The van der Waals surface area contributed by atoms with Crippen molar-refractivity contribution in [2.24, 2.45) is 11.8 Å². The lowest BCUT2D eigenvalue weighted by Gasteiger charge is -2.33. The number of pyridine rings is 1. The van der Waals surface area contributed by atoms with Gasteiger partial charge in [-0.3, -0.25) is 4.98 Å². The van der Waals surface area contributed by atoms with Gasteiger partial charge in [0.05, 0.1) is 5.02 Å². The zero-order valence-electron chi connectivity index (χ0n) is 11.3. The Bertz CT molecular complexity index is 381. The van der Waals surface area contributed by atoms with E-state index in [0.717, 1.165) is 23.3 Å². The van der Waals surface area contributed by atoms with Crippen molar-refractivity contribution in [3.05, 3.63) is 29.0 Å². The number of likely N-dealkylation sites (N-methyl/N-ethyl adjacent to an activating group) is 1. The van der Waals surface area contributed by atoms with Crippen molar-refractivity contribution in [1.29, 1.82) is 0 Å². The summed E-state index contributed by atoms with van der Waals surface area (Å²) in [5.41, 5.74) is 1.21. The van der Waals surface area contributed by atoms with Crippen LogP contribution < -0.4 is 5.32 Å². The third-order valence-electron chi connectivity index (χ3n) is 4.21. The Morgan fingerprint density at radius 1 is 1.50 bits per heavy atom. The van der Waals surface area contributed by atoms with Crippen LogP contribution in [0.1, 0.15) is 38.2 Å². The number of nitrogens with zero attached hydrogens (tertiary/aromatic N) is 1. The van der Waals surface area contributed by atoms with E-state index in [1.165, 1.54) is 31.2 Å². The molecule has 3 unspecified atom stereocenters. The second kappa shape index (κ2) is 6.53.